The number of phenols is 1. The number of nitrogens with one attached hydrogen (secondary N) is 1. The van der Waals surface area contributed by atoms with E-state index in [0.29, 0.717) is 16.4 Å². The Morgan fingerprint density at radius 2 is 2.05 bits per heavy atom. The molecule has 3 nitrogen and oxygen atoms in total. The van der Waals surface area contributed by atoms with Crippen LogP contribution >= 0.6 is 27.5 Å². The van der Waals surface area contributed by atoms with Crippen LogP contribution in [0.5, 0.6) is 5.75 Å². The molecule has 0 unspecified atom stereocenters. The molecule has 0 aliphatic rings. The summed E-state index contributed by atoms with van der Waals surface area (Å²) in [4.78, 5) is 7.78. The Bertz CT molecular complexity index is 782. The van der Waals surface area contributed by atoms with Crippen LogP contribution in [0, 0.1) is 6.92 Å². The number of rotatable bonds is 1. The van der Waals surface area contributed by atoms with Gasteiger partial charge in [-0.3, -0.25) is 0 Å². The first kappa shape index (κ1) is 12.5. The Kier molecular flexibility index (Phi) is 2.99. The zero-order chi connectivity index (χ0) is 13.6. The number of hydrogen-bond acceptors (Lipinski definition) is 2. The quantitative estimate of drug-likeness (QED) is 0.678. The summed E-state index contributed by atoms with van der Waals surface area (Å²) in [6.07, 6.45) is 0. The summed E-state index contributed by atoms with van der Waals surface area (Å²) in [6.45, 7) is 2.00. The zero-order valence-corrected chi connectivity index (χ0v) is 12.4. The molecule has 0 bridgehead atoms. The number of halogens is 2. The van der Waals surface area contributed by atoms with Gasteiger partial charge in [0.15, 0.2) is 0 Å². The third-order valence-corrected chi connectivity index (χ3v) is 3.73. The molecule has 0 radical (unpaired) electrons. The average molecular weight is 338 g/mol. The van der Waals surface area contributed by atoms with Gasteiger partial charge in [0, 0.05) is 10.0 Å². The summed E-state index contributed by atoms with van der Waals surface area (Å²) >= 11 is 9.61. The topological polar surface area (TPSA) is 48.9 Å². The Morgan fingerprint density at radius 1 is 1.26 bits per heavy atom. The summed E-state index contributed by atoms with van der Waals surface area (Å²) in [5.41, 5.74) is 3.59. The highest BCUT2D eigenvalue weighted by molar-refractivity contribution is 9.10. The van der Waals surface area contributed by atoms with Crippen molar-refractivity contribution in [1.82, 2.24) is 9.97 Å². The Morgan fingerprint density at radius 3 is 2.84 bits per heavy atom. The normalized spacial score (nSPS) is 11.1. The van der Waals surface area contributed by atoms with Crippen molar-refractivity contribution in [3.05, 3.63) is 45.4 Å². The minimum atomic E-state index is 0.165. The molecule has 3 aromatic rings. The number of aromatic hydroxyl groups is 1. The molecule has 1 aromatic heterocycles. The highest BCUT2D eigenvalue weighted by Gasteiger charge is 2.11. The molecule has 0 fully saturated rings. The molecule has 0 aliphatic heterocycles. The molecule has 0 saturated carbocycles. The number of aromatic nitrogens is 2. The number of benzene rings is 2. The second kappa shape index (κ2) is 4.54. The van der Waals surface area contributed by atoms with E-state index in [1.165, 1.54) is 0 Å². The van der Waals surface area contributed by atoms with Crippen LogP contribution < -0.4 is 0 Å². The van der Waals surface area contributed by atoms with E-state index in [2.05, 4.69) is 25.9 Å². The largest absolute Gasteiger partial charge is 0.508 e. The monoisotopic (exact) mass is 336 g/mol. The fourth-order valence-electron chi connectivity index (χ4n) is 2.07. The van der Waals surface area contributed by atoms with Gasteiger partial charge in [-0.15, -0.1) is 0 Å². The molecule has 19 heavy (non-hydrogen) atoms. The standard InChI is InChI=1S/C14H10BrClN2O/c1-7-4-8(15)5-12-13(7)18-14(17-12)10-6-9(19)2-3-11(10)16/h2-6,19H,1H3,(H,17,18). The molecule has 2 aromatic carbocycles. The Hall–Kier alpha value is -1.52. The number of H-pyrrole nitrogens is 1. The summed E-state index contributed by atoms with van der Waals surface area (Å²) in [5.74, 6) is 0.815. The number of fused-ring (bicyclic) bond motifs is 1. The number of imidazole rings is 1. The van der Waals surface area contributed by atoms with Crippen LogP contribution in [0.15, 0.2) is 34.8 Å². The van der Waals surface area contributed by atoms with Crippen molar-refractivity contribution in [3.63, 3.8) is 0 Å². The highest BCUT2D eigenvalue weighted by Crippen LogP contribution is 2.32. The van der Waals surface area contributed by atoms with Gasteiger partial charge in [0.1, 0.15) is 11.6 Å². The fraction of sp³-hybridized carbons (Fsp3) is 0.0714. The van der Waals surface area contributed by atoms with E-state index in [1.54, 1.807) is 18.2 Å². The van der Waals surface area contributed by atoms with Gasteiger partial charge in [-0.25, -0.2) is 4.98 Å². The van der Waals surface area contributed by atoms with Gasteiger partial charge >= 0.3 is 0 Å². The molecule has 0 amide bonds. The Labute approximate surface area is 123 Å². The van der Waals surface area contributed by atoms with Crippen LogP contribution in [-0.4, -0.2) is 15.1 Å². The van der Waals surface area contributed by atoms with Crippen LogP contribution in [0.1, 0.15) is 5.56 Å². The van der Waals surface area contributed by atoms with E-state index in [-0.39, 0.29) is 5.75 Å². The highest BCUT2D eigenvalue weighted by atomic mass is 79.9. The minimum Gasteiger partial charge on any atom is -0.508 e. The molecule has 3 rings (SSSR count). The maximum Gasteiger partial charge on any atom is 0.140 e. The number of hydrogen-bond donors (Lipinski definition) is 2. The van der Waals surface area contributed by atoms with E-state index < -0.39 is 0 Å². The van der Waals surface area contributed by atoms with Crippen molar-refractivity contribution in [2.45, 2.75) is 6.92 Å². The molecule has 1 heterocycles. The molecule has 0 atom stereocenters. The molecule has 0 saturated heterocycles. The van der Waals surface area contributed by atoms with Gasteiger partial charge in [0.2, 0.25) is 0 Å². The third-order valence-electron chi connectivity index (χ3n) is 2.95. The minimum absolute atomic E-state index is 0.165. The number of aryl methyl sites for hydroxylation is 1. The van der Waals surface area contributed by atoms with Gasteiger partial charge < -0.3 is 10.1 Å². The van der Waals surface area contributed by atoms with Crippen LogP contribution in [0.2, 0.25) is 5.02 Å². The van der Waals surface area contributed by atoms with Gasteiger partial charge in [-0.2, -0.15) is 0 Å². The summed E-state index contributed by atoms with van der Waals surface area (Å²) in [6, 6.07) is 8.79. The lowest BCUT2D eigenvalue weighted by atomic mass is 10.2. The van der Waals surface area contributed by atoms with Gasteiger partial charge in [0.05, 0.1) is 16.1 Å². The van der Waals surface area contributed by atoms with Crippen molar-refractivity contribution in [2.24, 2.45) is 0 Å². The van der Waals surface area contributed by atoms with E-state index >= 15 is 0 Å². The second-order valence-corrected chi connectivity index (χ2v) is 5.69. The SMILES string of the molecule is Cc1cc(Br)cc2[nH]c(-c3cc(O)ccc3Cl)nc12. The maximum absolute atomic E-state index is 9.56. The molecule has 96 valence electrons. The summed E-state index contributed by atoms with van der Waals surface area (Å²) < 4.78 is 0.995. The second-order valence-electron chi connectivity index (χ2n) is 4.37. The molecular formula is C14H10BrClN2O. The summed E-state index contributed by atoms with van der Waals surface area (Å²) in [5, 5.41) is 10.1. The van der Waals surface area contributed by atoms with Crippen molar-refractivity contribution in [1.29, 1.82) is 0 Å². The fourth-order valence-corrected chi connectivity index (χ4v) is 2.85. The first-order valence-electron chi connectivity index (χ1n) is 5.69. The average Bonchev–Trinajstić information content (AvgIpc) is 2.76. The lowest BCUT2D eigenvalue weighted by Gasteiger charge is -2.00. The smallest absolute Gasteiger partial charge is 0.140 e. The van der Waals surface area contributed by atoms with Crippen molar-refractivity contribution >= 4 is 38.6 Å². The van der Waals surface area contributed by atoms with Crippen molar-refractivity contribution in [2.75, 3.05) is 0 Å². The first-order chi connectivity index (χ1) is 9.04. The van der Waals surface area contributed by atoms with E-state index in [9.17, 15) is 5.11 Å². The number of nitrogens with zero attached hydrogens (tertiary/aromatic N) is 1. The predicted molar refractivity (Wildman–Crippen MR) is 80.6 cm³/mol. The maximum atomic E-state index is 9.56. The van der Waals surface area contributed by atoms with Gasteiger partial charge in [-0.1, -0.05) is 27.5 Å². The van der Waals surface area contributed by atoms with Crippen LogP contribution in [0.4, 0.5) is 0 Å². The zero-order valence-electron chi connectivity index (χ0n) is 10.0. The van der Waals surface area contributed by atoms with Crippen LogP contribution in [-0.2, 0) is 0 Å². The molecule has 5 heteroatoms. The van der Waals surface area contributed by atoms with Crippen molar-refractivity contribution in [3.8, 4) is 17.1 Å². The number of aromatic amines is 1. The number of phenolic OH excluding ortho intramolecular Hbond substituents is 1. The summed E-state index contributed by atoms with van der Waals surface area (Å²) in [7, 11) is 0. The van der Waals surface area contributed by atoms with Crippen LogP contribution in [0.3, 0.4) is 0 Å². The van der Waals surface area contributed by atoms with Gasteiger partial charge in [-0.05, 0) is 42.8 Å². The first-order valence-corrected chi connectivity index (χ1v) is 6.86. The lowest BCUT2D eigenvalue weighted by Crippen LogP contribution is -1.82. The molecule has 0 spiro atoms. The van der Waals surface area contributed by atoms with Crippen LogP contribution in [0.25, 0.3) is 22.4 Å². The van der Waals surface area contributed by atoms with E-state index in [4.69, 9.17) is 11.6 Å². The van der Waals surface area contributed by atoms with E-state index in [1.807, 2.05) is 19.1 Å². The van der Waals surface area contributed by atoms with Crippen molar-refractivity contribution < 1.29 is 5.11 Å². The third kappa shape index (κ3) is 2.22. The lowest BCUT2D eigenvalue weighted by molar-refractivity contribution is 0.475. The van der Waals surface area contributed by atoms with E-state index in [0.717, 1.165) is 21.1 Å². The Balaban J connectivity index is 2.26. The predicted octanol–water partition coefficient (Wildman–Crippen LogP) is 4.66. The molecule has 0 aliphatic carbocycles. The molecule has 2 N–H and O–H groups in total. The molecular weight excluding hydrogens is 328 g/mol. The van der Waals surface area contributed by atoms with Gasteiger partial charge in [0.25, 0.3) is 0 Å².